The number of nitrogens with two attached hydrogens (primary N) is 1. The molecule has 0 saturated carbocycles. The summed E-state index contributed by atoms with van der Waals surface area (Å²) >= 11 is 1.38. The molecule has 3 nitrogen and oxygen atoms in total. The van der Waals surface area contributed by atoms with Crippen LogP contribution in [0.1, 0.15) is 16.5 Å². The molecule has 5 heteroatoms. The fourth-order valence-electron chi connectivity index (χ4n) is 1.44. The summed E-state index contributed by atoms with van der Waals surface area (Å²) in [6.45, 7) is -0.107. The van der Waals surface area contributed by atoms with Crippen molar-refractivity contribution in [1.82, 2.24) is 0 Å². The smallest absolute Gasteiger partial charge is 0.328 e. The van der Waals surface area contributed by atoms with Crippen molar-refractivity contribution in [2.45, 2.75) is 12.6 Å². The topological polar surface area (TPSA) is 52.3 Å². The molecule has 1 aromatic heterocycles. The van der Waals surface area contributed by atoms with Crippen molar-refractivity contribution in [3.05, 3.63) is 58.0 Å². The average Bonchev–Trinajstić information content (AvgIpc) is 2.90. The molecule has 0 amide bonds. The van der Waals surface area contributed by atoms with Crippen molar-refractivity contribution in [3.63, 3.8) is 0 Å². The summed E-state index contributed by atoms with van der Waals surface area (Å²) in [6.07, 6.45) is 0. The first-order valence-corrected chi connectivity index (χ1v) is 6.25. The van der Waals surface area contributed by atoms with Crippen LogP contribution in [0.2, 0.25) is 0 Å². The summed E-state index contributed by atoms with van der Waals surface area (Å²) in [5.74, 6) is -0.948. The number of halogens is 1. The zero-order valence-electron chi connectivity index (χ0n) is 9.51. The van der Waals surface area contributed by atoms with E-state index in [-0.39, 0.29) is 6.61 Å². The van der Waals surface area contributed by atoms with Crippen molar-refractivity contribution < 1.29 is 13.9 Å². The van der Waals surface area contributed by atoms with E-state index in [2.05, 4.69) is 0 Å². The molecule has 2 rings (SSSR count). The van der Waals surface area contributed by atoms with Crippen LogP contribution in [0, 0.1) is 5.82 Å². The van der Waals surface area contributed by atoms with Crippen molar-refractivity contribution in [2.24, 2.45) is 5.73 Å². The second-order valence-electron chi connectivity index (χ2n) is 3.69. The third-order valence-electron chi connectivity index (χ3n) is 2.43. The lowest BCUT2D eigenvalue weighted by molar-refractivity contribution is -0.146. The number of benzene rings is 1. The van der Waals surface area contributed by atoms with Gasteiger partial charge in [0, 0.05) is 10.4 Å². The van der Waals surface area contributed by atoms with Gasteiger partial charge in [0.2, 0.25) is 0 Å². The summed E-state index contributed by atoms with van der Waals surface area (Å²) in [6, 6.07) is 8.92. The van der Waals surface area contributed by atoms with E-state index in [1.54, 1.807) is 24.3 Å². The van der Waals surface area contributed by atoms with Gasteiger partial charge in [0.1, 0.15) is 18.5 Å². The van der Waals surface area contributed by atoms with Crippen LogP contribution in [0.15, 0.2) is 41.8 Å². The molecule has 0 spiro atoms. The number of hydrogen-bond donors (Lipinski definition) is 1. The van der Waals surface area contributed by atoms with E-state index >= 15 is 0 Å². The van der Waals surface area contributed by atoms with E-state index in [0.717, 1.165) is 4.88 Å². The minimum atomic E-state index is -0.809. The summed E-state index contributed by atoms with van der Waals surface area (Å²) in [7, 11) is 0. The molecular formula is C13H12FNO2S. The Hall–Kier alpha value is -1.72. The Kier molecular flexibility index (Phi) is 4.07. The number of hydrogen-bond acceptors (Lipinski definition) is 4. The minimum absolute atomic E-state index is 0.107. The monoisotopic (exact) mass is 265 g/mol. The van der Waals surface area contributed by atoms with Crippen LogP contribution in [0.25, 0.3) is 0 Å². The molecule has 0 bridgehead atoms. The Bertz CT molecular complexity index is 528. The molecule has 1 unspecified atom stereocenters. The van der Waals surface area contributed by atoms with Gasteiger partial charge in [0.05, 0.1) is 0 Å². The summed E-state index contributed by atoms with van der Waals surface area (Å²) in [5, 5.41) is 1.83. The van der Waals surface area contributed by atoms with Gasteiger partial charge in [-0.3, -0.25) is 0 Å². The fraction of sp³-hybridized carbons (Fsp3) is 0.154. The molecule has 0 aliphatic heterocycles. The molecule has 1 heterocycles. The molecule has 0 saturated heterocycles. The van der Waals surface area contributed by atoms with Crippen LogP contribution in [-0.2, 0) is 16.1 Å². The third-order valence-corrected chi connectivity index (χ3v) is 3.39. The second kappa shape index (κ2) is 5.75. The first-order valence-electron chi connectivity index (χ1n) is 5.37. The van der Waals surface area contributed by atoms with E-state index in [4.69, 9.17) is 10.5 Å². The zero-order chi connectivity index (χ0) is 13.0. The quantitative estimate of drug-likeness (QED) is 0.865. The lowest BCUT2D eigenvalue weighted by atomic mass is 10.2. The van der Waals surface area contributed by atoms with Crippen molar-refractivity contribution >= 4 is 17.3 Å². The van der Waals surface area contributed by atoms with Gasteiger partial charge >= 0.3 is 5.97 Å². The number of carbonyl (C=O) groups is 1. The predicted octanol–water partition coefficient (Wildman–Crippen LogP) is 2.63. The molecule has 1 atom stereocenters. The average molecular weight is 265 g/mol. The van der Waals surface area contributed by atoms with E-state index in [0.29, 0.717) is 5.56 Å². The number of carbonyl (C=O) groups excluding carboxylic acids is 1. The van der Waals surface area contributed by atoms with E-state index < -0.39 is 17.8 Å². The highest BCUT2D eigenvalue weighted by atomic mass is 32.1. The van der Waals surface area contributed by atoms with Crippen LogP contribution < -0.4 is 5.73 Å². The largest absolute Gasteiger partial charge is 0.459 e. The van der Waals surface area contributed by atoms with Crippen LogP contribution >= 0.6 is 11.3 Å². The Morgan fingerprint density at radius 3 is 2.78 bits per heavy atom. The maximum atomic E-state index is 13.3. The highest BCUT2D eigenvalue weighted by molar-refractivity contribution is 7.10. The van der Waals surface area contributed by atoms with Crippen molar-refractivity contribution in [1.29, 1.82) is 0 Å². The lowest BCUT2D eigenvalue weighted by Gasteiger charge is -2.10. The number of esters is 1. The Balaban J connectivity index is 1.95. The molecule has 18 heavy (non-hydrogen) atoms. The number of thiophene rings is 1. The molecule has 1 aromatic carbocycles. The van der Waals surface area contributed by atoms with Crippen LogP contribution in [0.3, 0.4) is 0 Å². The van der Waals surface area contributed by atoms with Gasteiger partial charge in [-0.15, -0.1) is 11.3 Å². The maximum Gasteiger partial charge on any atom is 0.328 e. The normalized spacial score (nSPS) is 12.1. The highest BCUT2D eigenvalue weighted by Gasteiger charge is 2.18. The molecule has 0 aliphatic carbocycles. The van der Waals surface area contributed by atoms with Crippen LogP contribution in [-0.4, -0.2) is 5.97 Å². The Morgan fingerprint density at radius 2 is 2.11 bits per heavy atom. The number of rotatable bonds is 4. The van der Waals surface area contributed by atoms with Crippen molar-refractivity contribution in [2.75, 3.05) is 0 Å². The van der Waals surface area contributed by atoms with Gasteiger partial charge in [-0.25, -0.2) is 9.18 Å². The van der Waals surface area contributed by atoms with Gasteiger partial charge in [-0.2, -0.15) is 0 Å². The van der Waals surface area contributed by atoms with Crippen LogP contribution in [0.4, 0.5) is 4.39 Å². The summed E-state index contributed by atoms with van der Waals surface area (Å²) in [5.41, 5.74) is 6.06. The summed E-state index contributed by atoms with van der Waals surface area (Å²) in [4.78, 5) is 12.4. The predicted molar refractivity (Wildman–Crippen MR) is 67.4 cm³/mol. The maximum absolute atomic E-state index is 13.3. The van der Waals surface area contributed by atoms with Crippen LogP contribution in [0.5, 0.6) is 0 Å². The van der Waals surface area contributed by atoms with E-state index in [9.17, 15) is 9.18 Å². The van der Waals surface area contributed by atoms with Gasteiger partial charge in [0.15, 0.2) is 0 Å². The minimum Gasteiger partial charge on any atom is -0.459 e. The SMILES string of the molecule is NC(C(=O)OCc1ccccc1F)c1cccs1. The van der Waals surface area contributed by atoms with Gasteiger partial charge in [0.25, 0.3) is 0 Å². The van der Waals surface area contributed by atoms with Gasteiger partial charge in [-0.05, 0) is 17.5 Å². The Morgan fingerprint density at radius 1 is 1.33 bits per heavy atom. The molecular weight excluding hydrogens is 253 g/mol. The van der Waals surface area contributed by atoms with E-state index in [1.165, 1.54) is 17.4 Å². The second-order valence-corrected chi connectivity index (χ2v) is 4.67. The first-order chi connectivity index (χ1) is 8.68. The van der Waals surface area contributed by atoms with Gasteiger partial charge in [-0.1, -0.05) is 24.3 Å². The summed E-state index contributed by atoms with van der Waals surface area (Å²) < 4.78 is 18.3. The third kappa shape index (κ3) is 2.94. The molecule has 0 aliphatic rings. The Labute approximate surface area is 108 Å². The lowest BCUT2D eigenvalue weighted by Crippen LogP contribution is -2.22. The molecule has 0 radical (unpaired) electrons. The highest BCUT2D eigenvalue weighted by Crippen LogP contribution is 2.18. The molecule has 2 aromatic rings. The van der Waals surface area contributed by atoms with Gasteiger partial charge < -0.3 is 10.5 Å². The molecule has 2 N–H and O–H groups in total. The van der Waals surface area contributed by atoms with Crippen molar-refractivity contribution in [3.8, 4) is 0 Å². The standard InChI is InChI=1S/C13H12FNO2S/c14-10-5-2-1-4-9(10)8-17-13(16)12(15)11-6-3-7-18-11/h1-7,12H,8,15H2. The molecule has 94 valence electrons. The number of ether oxygens (including phenoxy) is 1. The fourth-order valence-corrected chi connectivity index (χ4v) is 2.15. The van der Waals surface area contributed by atoms with E-state index in [1.807, 2.05) is 11.4 Å². The first kappa shape index (κ1) is 12.7. The zero-order valence-corrected chi connectivity index (χ0v) is 10.3. The molecule has 0 fully saturated rings.